The van der Waals surface area contributed by atoms with Crippen LogP contribution in [-0.4, -0.2) is 60.9 Å². The van der Waals surface area contributed by atoms with Gasteiger partial charge in [-0.2, -0.15) is 0 Å². The van der Waals surface area contributed by atoms with Crippen molar-refractivity contribution >= 4 is 29.6 Å². The van der Waals surface area contributed by atoms with Crippen LogP contribution in [-0.2, 0) is 30.3 Å². The topological polar surface area (TPSA) is 143 Å². The molecule has 3 rings (SSSR count). The van der Waals surface area contributed by atoms with E-state index in [-0.39, 0.29) is 37.2 Å². The van der Waals surface area contributed by atoms with Crippen molar-refractivity contribution in [3.05, 3.63) is 83.9 Å². The van der Waals surface area contributed by atoms with Gasteiger partial charge in [-0.1, -0.05) is 68.5 Å². The molecule has 1 aliphatic rings. The van der Waals surface area contributed by atoms with Crippen LogP contribution in [0.15, 0.2) is 72.8 Å². The maximum atomic E-state index is 13.7. The van der Waals surface area contributed by atoms with Gasteiger partial charge in [0.1, 0.15) is 12.1 Å². The van der Waals surface area contributed by atoms with Crippen molar-refractivity contribution in [2.24, 2.45) is 11.8 Å². The average Bonchev–Trinajstić information content (AvgIpc) is 3.38. The number of hydrogen-bond donors (Lipinski definition) is 4. The summed E-state index contributed by atoms with van der Waals surface area (Å²) in [7, 11) is 0. The zero-order valence-corrected chi connectivity index (χ0v) is 24.3. The molecule has 4 atom stereocenters. The molecule has 0 radical (unpaired) electrons. The zero-order valence-electron chi connectivity index (χ0n) is 24.3. The van der Waals surface area contributed by atoms with Gasteiger partial charge in [-0.3, -0.25) is 19.2 Å². The van der Waals surface area contributed by atoms with E-state index in [0.717, 1.165) is 5.56 Å². The Balaban J connectivity index is 1.80. The number of hydrogen-bond acceptors (Lipinski definition) is 6. The summed E-state index contributed by atoms with van der Waals surface area (Å²) in [5.41, 5.74) is 1.24. The summed E-state index contributed by atoms with van der Waals surface area (Å²) < 4.78 is 4.97. The highest BCUT2D eigenvalue weighted by molar-refractivity contribution is 5.98. The average molecular weight is 577 g/mol. The molecule has 2 aromatic carbocycles. The molecule has 2 aromatic rings. The molecule has 1 saturated heterocycles. The molecular formula is C32H40N4O6. The number of amides is 4. The molecular weight excluding hydrogens is 536 g/mol. The van der Waals surface area contributed by atoms with Gasteiger partial charge in [-0.05, 0) is 43.4 Å². The van der Waals surface area contributed by atoms with Crippen molar-refractivity contribution in [1.29, 1.82) is 0 Å². The van der Waals surface area contributed by atoms with E-state index in [1.165, 1.54) is 12.2 Å². The quantitative estimate of drug-likeness (QED) is 0.201. The minimum absolute atomic E-state index is 0.109. The van der Waals surface area contributed by atoms with Gasteiger partial charge in [0.2, 0.25) is 17.7 Å². The van der Waals surface area contributed by atoms with E-state index in [2.05, 4.69) is 21.3 Å². The molecule has 4 amide bonds. The maximum Gasteiger partial charge on any atom is 0.330 e. The molecule has 1 aliphatic heterocycles. The molecule has 224 valence electrons. The van der Waals surface area contributed by atoms with Crippen LogP contribution in [0.2, 0.25) is 0 Å². The highest BCUT2D eigenvalue weighted by atomic mass is 16.5. The normalized spacial score (nSPS) is 16.8. The van der Waals surface area contributed by atoms with E-state index in [0.29, 0.717) is 18.5 Å². The predicted octanol–water partition coefficient (Wildman–Crippen LogP) is 2.30. The molecule has 4 N–H and O–H groups in total. The Labute approximate surface area is 246 Å². The second-order valence-electron chi connectivity index (χ2n) is 10.6. The summed E-state index contributed by atoms with van der Waals surface area (Å²) >= 11 is 0. The largest absolute Gasteiger partial charge is 0.463 e. The SMILES string of the molecule is CCOC(=O)C=C[C@H](C[C@@H]1CCNC1=O)NC(=O)[C@H](Cc1ccccc1)NC(=O)[C@@H](NC(=O)c1ccccc1)C(C)C. The third kappa shape index (κ3) is 9.87. The zero-order chi connectivity index (χ0) is 30.5. The minimum Gasteiger partial charge on any atom is -0.463 e. The van der Waals surface area contributed by atoms with E-state index in [1.807, 2.05) is 44.2 Å². The van der Waals surface area contributed by atoms with Crippen molar-refractivity contribution in [3.8, 4) is 0 Å². The Kier molecular flexibility index (Phi) is 12.3. The Morgan fingerprint density at radius 2 is 1.62 bits per heavy atom. The van der Waals surface area contributed by atoms with Crippen LogP contribution in [0.25, 0.3) is 0 Å². The highest BCUT2D eigenvalue weighted by Crippen LogP contribution is 2.17. The van der Waals surface area contributed by atoms with Crippen molar-refractivity contribution in [2.45, 2.75) is 58.2 Å². The smallest absolute Gasteiger partial charge is 0.330 e. The summed E-state index contributed by atoms with van der Waals surface area (Å²) in [5.74, 6) is -2.65. The lowest BCUT2D eigenvalue weighted by atomic mass is 9.97. The van der Waals surface area contributed by atoms with Crippen LogP contribution in [0, 0.1) is 11.8 Å². The van der Waals surface area contributed by atoms with E-state index < -0.39 is 41.8 Å². The molecule has 1 fully saturated rings. The molecule has 10 nitrogen and oxygen atoms in total. The van der Waals surface area contributed by atoms with Gasteiger partial charge in [-0.15, -0.1) is 0 Å². The number of benzene rings is 2. The second-order valence-corrected chi connectivity index (χ2v) is 10.6. The number of carbonyl (C=O) groups excluding carboxylic acids is 5. The third-order valence-corrected chi connectivity index (χ3v) is 6.97. The fraction of sp³-hybridized carbons (Fsp3) is 0.406. The van der Waals surface area contributed by atoms with E-state index in [4.69, 9.17) is 4.74 Å². The van der Waals surface area contributed by atoms with Gasteiger partial charge in [0.05, 0.1) is 6.61 Å². The number of nitrogens with one attached hydrogen (secondary N) is 4. The lowest BCUT2D eigenvalue weighted by Gasteiger charge is -2.27. The Hall–Kier alpha value is -4.47. The van der Waals surface area contributed by atoms with Crippen molar-refractivity contribution < 1.29 is 28.7 Å². The van der Waals surface area contributed by atoms with Gasteiger partial charge >= 0.3 is 5.97 Å². The van der Waals surface area contributed by atoms with Crippen LogP contribution >= 0.6 is 0 Å². The monoisotopic (exact) mass is 576 g/mol. The fourth-order valence-electron chi connectivity index (χ4n) is 4.70. The molecule has 0 aliphatic carbocycles. The molecule has 1 heterocycles. The summed E-state index contributed by atoms with van der Waals surface area (Å²) in [6.07, 6.45) is 3.83. The first-order chi connectivity index (χ1) is 20.2. The number of esters is 1. The number of carbonyl (C=O) groups is 5. The summed E-state index contributed by atoms with van der Waals surface area (Å²) in [6.45, 7) is 6.06. The lowest BCUT2D eigenvalue weighted by Crippen LogP contribution is -2.57. The molecule has 42 heavy (non-hydrogen) atoms. The van der Waals surface area contributed by atoms with Crippen molar-refractivity contribution in [1.82, 2.24) is 21.3 Å². The van der Waals surface area contributed by atoms with Gasteiger partial charge in [0.25, 0.3) is 5.91 Å². The first-order valence-electron chi connectivity index (χ1n) is 14.3. The molecule has 0 aromatic heterocycles. The predicted molar refractivity (Wildman–Crippen MR) is 158 cm³/mol. The lowest BCUT2D eigenvalue weighted by molar-refractivity contribution is -0.137. The summed E-state index contributed by atoms with van der Waals surface area (Å²) in [6, 6.07) is 15.3. The van der Waals surface area contributed by atoms with E-state index >= 15 is 0 Å². The number of rotatable bonds is 14. The van der Waals surface area contributed by atoms with Gasteiger partial charge in [-0.25, -0.2) is 4.79 Å². The van der Waals surface area contributed by atoms with Crippen LogP contribution < -0.4 is 21.3 Å². The molecule has 0 saturated carbocycles. The van der Waals surface area contributed by atoms with E-state index in [9.17, 15) is 24.0 Å². The van der Waals surface area contributed by atoms with E-state index in [1.54, 1.807) is 37.3 Å². The number of ether oxygens (including phenoxy) is 1. The van der Waals surface area contributed by atoms with Gasteiger partial charge < -0.3 is 26.0 Å². The maximum absolute atomic E-state index is 13.7. The molecule has 0 bridgehead atoms. The highest BCUT2D eigenvalue weighted by Gasteiger charge is 2.32. The Morgan fingerprint density at radius 3 is 2.21 bits per heavy atom. The Morgan fingerprint density at radius 1 is 0.952 bits per heavy atom. The minimum atomic E-state index is -0.995. The summed E-state index contributed by atoms with van der Waals surface area (Å²) in [4.78, 5) is 64.3. The molecule has 10 heteroatoms. The molecule has 0 spiro atoms. The third-order valence-electron chi connectivity index (χ3n) is 6.97. The fourth-order valence-corrected chi connectivity index (χ4v) is 4.70. The van der Waals surface area contributed by atoms with Gasteiger partial charge in [0, 0.05) is 36.6 Å². The first kappa shape index (κ1) is 32.0. The molecule has 0 unspecified atom stereocenters. The second kappa shape index (κ2) is 16.1. The van der Waals surface area contributed by atoms with Crippen molar-refractivity contribution in [3.63, 3.8) is 0 Å². The summed E-state index contributed by atoms with van der Waals surface area (Å²) in [5, 5.41) is 11.3. The van der Waals surface area contributed by atoms with Crippen LogP contribution in [0.4, 0.5) is 0 Å². The standard InChI is InChI=1S/C32H40N4O6/c1-4-42-27(37)16-15-25(20-24-17-18-33-29(24)38)34-31(40)26(19-22-11-7-5-8-12-22)35-32(41)28(21(2)3)36-30(39)23-13-9-6-10-14-23/h5-16,21,24-26,28H,4,17-20H2,1-3H3,(H,33,38)(H,34,40)(H,35,41)(H,36,39)/t24-,25+,26-,28-/m0/s1. The van der Waals surface area contributed by atoms with Crippen LogP contribution in [0.3, 0.4) is 0 Å². The van der Waals surface area contributed by atoms with Gasteiger partial charge in [0.15, 0.2) is 0 Å². The van der Waals surface area contributed by atoms with Crippen LogP contribution in [0.5, 0.6) is 0 Å². The Bertz CT molecular complexity index is 1250. The van der Waals surface area contributed by atoms with Crippen LogP contribution in [0.1, 0.15) is 49.5 Å². The first-order valence-corrected chi connectivity index (χ1v) is 14.3. The van der Waals surface area contributed by atoms with Crippen molar-refractivity contribution in [2.75, 3.05) is 13.2 Å².